The van der Waals surface area contributed by atoms with Gasteiger partial charge in [-0.1, -0.05) is 27.7 Å². The SMILES string of the molecule is CC(C)CCS(=O)(=O)NC(C(=N)N)C(C)C. The maximum absolute atomic E-state index is 11.7. The number of rotatable bonds is 7. The second-order valence-electron chi connectivity index (χ2n) is 4.80. The lowest BCUT2D eigenvalue weighted by Crippen LogP contribution is -2.48. The molecule has 5 nitrogen and oxygen atoms in total. The lowest BCUT2D eigenvalue weighted by molar-refractivity contribution is 0.515. The maximum atomic E-state index is 11.7. The highest BCUT2D eigenvalue weighted by atomic mass is 32.2. The van der Waals surface area contributed by atoms with Crippen molar-refractivity contribution >= 4 is 15.9 Å². The van der Waals surface area contributed by atoms with Gasteiger partial charge in [0.25, 0.3) is 0 Å². The summed E-state index contributed by atoms with van der Waals surface area (Å²) in [5, 5.41) is 7.33. The van der Waals surface area contributed by atoms with E-state index < -0.39 is 16.1 Å². The van der Waals surface area contributed by atoms with Gasteiger partial charge in [0, 0.05) is 0 Å². The smallest absolute Gasteiger partial charge is 0.212 e. The zero-order chi connectivity index (χ0) is 12.9. The molecule has 1 unspecified atom stereocenters. The molecule has 0 amide bonds. The number of sulfonamides is 1. The van der Waals surface area contributed by atoms with Gasteiger partial charge >= 0.3 is 0 Å². The molecular weight excluding hydrogens is 226 g/mol. The number of hydrogen-bond donors (Lipinski definition) is 3. The van der Waals surface area contributed by atoms with Crippen molar-refractivity contribution in [1.82, 2.24) is 4.72 Å². The van der Waals surface area contributed by atoms with Crippen molar-refractivity contribution in [2.75, 3.05) is 5.75 Å². The lowest BCUT2D eigenvalue weighted by atomic mass is 10.1. The molecule has 0 heterocycles. The Kier molecular flexibility index (Phi) is 5.96. The normalized spacial score (nSPS) is 14.4. The van der Waals surface area contributed by atoms with Gasteiger partial charge in [0.1, 0.15) is 5.84 Å². The minimum absolute atomic E-state index is 0.0219. The van der Waals surface area contributed by atoms with Crippen LogP contribution in [0.2, 0.25) is 0 Å². The molecule has 0 aromatic rings. The van der Waals surface area contributed by atoms with Gasteiger partial charge in [-0.25, -0.2) is 13.1 Å². The van der Waals surface area contributed by atoms with Crippen molar-refractivity contribution in [3.63, 3.8) is 0 Å². The molecule has 16 heavy (non-hydrogen) atoms. The summed E-state index contributed by atoms with van der Waals surface area (Å²) in [6.07, 6.45) is 0.609. The molecule has 0 aliphatic rings. The molecule has 6 heteroatoms. The van der Waals surface area contributed by atoms with Crippen LogP contribution in [0.5, 0.6) is 0 Å². The van der Waals surface area contributed by atoms with E-state index in [1.807, 2.05) is 27.7 Å². The van der Waals surface area contributed by atoms with E-state index in [0.717, 1.165) is 0 Å². The zero-order valence-corrected chi connectivity index (χ0v) is 11.3. The summed E-state index contributed by atoms with van der Waals surface area (Å²) in [5.41, 5.74) is 5.36. The zero-order valence-electron chi connectivity index (χ0n) is 10.4. The van der Waals surface area contributed by atoms with Crippen molar-refractivity contribution in [3.05, 3.63) is 0 Å². The van der Waals surface area contributed by atoms with Crippen molar-refractivity contribution in [2.24, 2.45) is 17.6 Å². The highest BCUT2D eigenvalue weighted by Gasteiger charge is 2.23. The van der Waals surface area contributed by atoms with Gasteiger partial charge < -0.3 is 5.73 Å². The summed E-state index contributed by atoms with van der Waals surface area (Å²) < 4.78 is 25.9. The second kappa shape index (κ2) is 6.20. The largest absolute Gasteiger partial charge is 0.386 e. The highest BCUT2D eigenvalue weighted by molar-refractivity contribution is 7.89. The molecule has 0 fully saturated rings. The molecule has 96 valence electrons. The summed E-state index contributed by atoms with van der Waals surface area (Å²) >= 11 is 0. The Hall–Kier alpha value is -0.620. The van der Waals surface area contributed by atoms with E-state index in [0.29, 0.717) is 12.3 Å². The first kappa shape index (κ1) is 15.4. The number of hydrogen-bond acceptors (Lipinski definition) is 3. The van der Waals surface area contributed by atoms with E-state index in [-0.39, 0.29) is 17.5 Å². The Morgan fingerprint density at radius 1 is 1.31 bits per heavy atom. The van der Waals surface area contributed by atoms with E-state index in [9.17, 15) is 8.42 Å². The Bertz CT molecular complexity index is 323. The van der Waals surface area contributed by atoms with Gasteiger partial charge in [0.2, 0.25) is 10.0 Å². The van der Waals surface area contributed by atoms with Crippen molar-refractivity contribution in [1.29, 1.82) is 5.41 Å². The summed E-state index contributed by atoms with van der Waals surface area (Å²) in [4.78, 5) is 0. The van der Waals surface area contributed by atoms with E-state index in [2.05, 4.69) is 4.72 Å². The van der Waals surface area contributed by atoms with Crippen LogP contribution in [-0.4, -0.2) is 26.0 Å². The van der Waals surface area contributed by atoms with E-state index in [1.165, 1.54) is 0 Å². The average molecular weight is 249 g/mol. The summed E-state index contributed by atoms with van der Waals surface area (Å²) in [7, 11) is -3.34. The monoisotopic (exact) mass is 249 g/mol. The van der Waals surface area contributed by atoms with Crippen LogP contribution in [0.1, 0.15) is 34.1 Å². The number of nitrogens with one attached hydrogen (secondary N) is 2. The first-order valence-corrected chi connectivity index (χ1v) is 7.15. The number of nitrogens with two attached hydrogens (primary N) is 1. The second-order valence-corrected chi connectivity index (χ2v) is 6.67. The molecule has 0 aromatic carbocycles. The third-order valence-electron chi connectivity index (χ3n) is 2.27. The molecule has 0 radical (unpaired) electrons. The predicted molar refractivity (Wildman–Crippen MR) is 66.9 cm³/mol. The summed E-state index contributed by atoms with van der Waals surface area (Å²) in [6, 6.07) is -0.600. The van der Waals surface area contributed by atoms with Gasteiger partial charge in [0.15, 0.2) is 0 Å². The van der Waals surface area contributed by atoms with Crippen LogP contribution in [0.25, 0.3) is 0 Å². The third-order valence-corrected chi connectivity index (χ3v) is 3.66. The Morgan fingerprint density at radius 2 is 1.81 bits per heavy atom. The van der Waals surface area contributed by atoms with Crippen LogP contribution in [0.3, 0.4) is 0 Å². The van der Waals surface area contributed by atoms with Crippen LogP contribution >= 0.6 is 0 Å². The highest BCUT2D eigenvalue weighted by Crippen LogP contribution is 2.06. The number of amidine groups is 1. The molecule has 1 atom stereocenters. The standard InChI is InChI=1S/C10H23N3O2S/c1-7(2)5-6-16(14,15)13-9(8(3)4)10(11)12/h7-9,13H,5-6H2,1-4H3,(H3,11,12). The van der Waals surface area contributed by atoms with Gasteiger partial charge in [-0.05, 0) is 18.3 Å². The van der Waals surface area contributed by atoms with Crippen LogP contribution in [0.4, 0.5) is 0 Å². The average Bonchev–Trinajstić information content (AvgIpc) is 2.10. The molecule has 0 bridgehead atoms. The molecule has 0 rings (SSSR count). The van der Waals surface area contributed by atoms with Gasteiger partial charge in [-0.15, -0.1) is 0 Å². The van der Waals surface area contributed by atoms with Crippen molar-refractivity contribution < 1.29 is 8.42 Å². The van der Waals surface area contributed by atoms with Crippen LogP contribution in [-0.2, 0) is 10.0 Å². The van der Waals surface area contributed by atoms with Gasteiger partial charge in [-0.2, -0.15) is 0 Å². The van der Waals surface area contributed by atoms with Crippen LogP contribution < -0.4 is 10.5 Å². The Balaban J connectivity index is 4.49. The topological polar surface area (TPSA) is 96.0 Å². The maximum Gasteiger partial charge on any atom is 0.212 e. The van der Waals surface area contributed by atoms with E-state index in [4.69, 9.17) is 11.1 Å². The summed E-state index contributed by atoms with van der Waals surface area (Å²) in [6.45, 7) is 7.61. The first-order valence-electron chi connectivity index (χ1n) is 5.49. The van der Waals surface area contributed by atoms with Gasteiger partial charge in [-0.3, -0.25) is 5.41 Å². The van der Waals surface area contributed by atoms with Crippen molar-refractivity contribution in [3.8, 4) is 0 Å². The molecule has 0 saturated carbocycles. The minimum Gasteiger partial charge on any atom is -0.386 e. The quantitative estimate of drug-likeness (QED) is 0.462. The summed E-state index contributed by atoms with van der Waals surface area (Å²) in [5.74, 6) is 0.266. The van der Waals surface area contributed by atoms with E-state index >= 15 is 0 Å². The van der Waals surface area contributed by atoms with Crippen molar-refractivity contribution in [2.45, 2.75) is 40.2 Å². The first-order chi connectivity index (χ1) is 7.15. The van der Waals surface area contributed by atoms with Crippen LogP contribution in [0, 0.1) is 17.2 Å². The van der Waals surface area contributed by atoms with E-state index in [1.54, 1.807) is 0 Å². The fraction of sp³-hybridized carbons (Fsp3) is 0.900. The third kappa shape index (κ3) is 6.07. The molecule has 0 spiro atoms. The fourth-order valence-electron chi connectivity index (χ4n) is 1.20. The fourth-order valence-corrected chi connectivity index (χ4v) is 2.89. The molecular formula is C10H23N3O2S. The minimum atomic E-state index is -3.34. The molecule has 0 aromatic heterocycles. The van der Waals surface area contributed by atoms with Crippen LogP contribution in [0.15, 0.2) is 0 Å². The Morgan fingerprint density at radius 3 is 2.12 bits per heavy atom. The van der Waals surface area contributed by atoms with Gasteiger partial charge in [0.05, 0.1) is 11.8 Å². The molecule has 0 saturated heterocycles. The molecule has 0 aliphatic heterocycles. The predicted octanol–water partition coefficient (Wildman–Crippen LogP) is 0.912. The lowest BCUT2D eigenvalue weighted by Gasteiger charge is -2.21. The Labute approximate surface area is 98.4 Å². The molecule has 0 aliphatic carbocycles. The molecule has 4 N–H and O–H groups in total.